The molecule has 7 heteroatoms. The summed E-state index contributed by atoms with van der Waals surface area (Å²) in [5.74, 6) is 0.639. The lowest BCUT2D eigenvalue weighted by molar-refractivity contribution is -0.122. The second kappa shape index (κ2) is 16.6. The number of nitrogens with one attached hydrogen (secondary N) is 1. The number of phenolic OH excluding ortho intramolecular Hbond substituents is 1. The molecule has 200 valence electrons. The van der Waals surface area contributed by atoms with Crippen LogP contribution < -0.4 is 14.8 Å². The minimum atomic E-state index is -0.763. The van der Waals surface area contributed by atoms with Crippen LogP contribution in [0, 0.1) is 6.92 Å². The first kappa shape index (κ1) is 30.1. The maximum absolute atomic E-state index is 12.8. The van der Waals surface area contributed by atoms with Crippen molar-refractivity contribution in [3.05, 3.63) is 45.9 Å². The molecule has 0 bridgehead atoms. The number of rotatable bonds is 17. The zero-order valence-corrected chi connectivity index (χ0v) is 23.4. The largest absolute Gasteiger partial charge is 0.504 e. The molecule has 1 unspecified atom stereocenters. The van der Waals surface area contributed by atoms with Gasteiger partial charge >= 0.3 is 0 Å². The molecule has 0 saturated carbocycles. The summed E-state index contributed by atoms with van der Waals surface area (Å²) >= 11 is 12.3. The lowest BCUT2D eigenvalue weighted by Gasteiger charge is -2.19. The smallest absolute Gasteiger partial charge is 0.265 e. The SMILES string of the molecule is CCCCCCCCCCCCOc1cccc(OC(CC)C(=O)Nc2cc(Cl)c(C)c(Cl)c2O)c1. The number of halogens is 2. The van der Waals surface area contributed by atoms with E-state index in [2.05, 4.69) is 12.2 Å². The monoisotopic (exact) mass is 537 g/mol. The predicted molar refractivity (Wildman–Crippen MR) is 150 cm³/mol. The summed E-state index contributed by atoms with van der Waals surface area (Å²) < 4.78 is 11.8. The van der Waals surface area contributed by atoms with E-state index in [4.69, 9.17) is 32.7 Å². The number of unbranched alkanes of at least 4 members (excludes halogenated alkanes) is 9. The molecule has 0 aliphatic carbocycles. The van der Waals surface area contributed by atoms with Crippen LogP contribution in [0.2, 0.25) is 10.0 Å². The Kier molecular flexibility index (Phi) is 13.9. The van der Waals surface area contributed by atoms with Gasteiger partial charge in [0.25, 0.3) is 5.91 Å². The molecule has 0 aliphatic rings. The molecule has 1 atom stereocenters. The molecule has 2 aromatic carbocycles. The van der Waals surface area contributed by atoms with E-state index in [0.717, 1.165) is 6.42 Å². The minimum Gasteiger partial charge on any atom is -0.504 e. The van der Waals surface area contributed by atoms with Gasteiger partial charge in [0.15, 0.2) is 11.9 Å². The number of phenols is 1. The fourth-order valence-corrected chi connectivity index (χ4v) is 4.37. The number of benzene rings is 2. The Balaban J connectivity index is 1.77. The van der Waals surface area contributed by atoms with Gasteiger partial charge in [0.1, 0.15) is 11.5 Å². The highest BCUT2D eigenvalue weighted by Gasteiger charge is 2.22. The normalized spacial score (nSPS) is 11.8. The van der Waals surface area contributed by atoms with Gasteiger partial charge in [-0.3, -0.25) is 4.79 Å². The van der Waals surface area contributed by atoms with Crippen LogP contribution in [0.4, 0.5) is 5.69 Å². The maximum Gasteiger partial charge on any atom is 0.265 e. The van der Waals surface area contributed by atoms with E-state index in [1.54, 1.807) is 19.1 Å². The lowest BCUT2D eigenvalue weighted by atomic mass is 10.1. The predicted octanol–water partition coefficient (Wildman–Crippen LogP) is 9.10. The second-order valence-corrected chi connectivity index (χ2v) is 9.99. The van der Waals surface area contributed by atoms with Crippen molar-refractivity contribution in [2.75, 3.05) is 11.9 Å². The second-order valence-electron chi connectivity index (χ2n) is 9.20. The third kappa shape index (κ3) is 10.1. The Morgan fingerprint density at radius 1 is 0.944 bits per heavy atom. The Labute approximate surface area is 226 Å². The molecule has 0 heterocycles. The molecular formula is C29H41Cl2NO4. The van der Waals surface area contributed by atoms with E-state index >= 15 is 0 Å². The molecule has 0 aromatic heterocycles. The van der Waals surface area contributed by atoms with E-state index in [-0.39, 0.29) is 16.5 Å². The highest BCUT2D eigenvalue weighted by atomic mass is 35.5. The van der Waals surface area contributed by atoms with Gasteiger partial charge in [-0.2, -0.15) is 0 Å². The van der Waals surface area contributed by atoms with Crippen LogP contribution in [-0.2, 0) is 4.79 Å². The van der Waals surface area contributed by atoms with Crippen molar-refractivity contribution in [2.24, 2.45) is 0 Å². The van der Waals surface area contributed by atoms with Gasteiger partial charge in [0, 0.05) is 11.1 Å². The van der Waals surface area contributed by atoms with E-state index in [1.165, 1.54) is 63.9 Å². The Bertz CT molecular complexity index is 951. The number of carbonyl (C=O) groups excluding carboxylic acids is 1. The highest BCUT2D eigenvalue weighted by Crippen LogP contribution is 2.39. The van der Waals surface area contributed by atoms with Crippen molar-refractivity contribution in [3.63, 3.8) is 0 Å². The van der Waals surface area contributed by atoms with Gasteiger partial charge in [-0.1, -0.05) is 101 Å². The van der Waals surface area contributed by atoms with Gasteiger partial charge in [0.2, 0.25) is 0 Å². The van der Waals surface area contributed by atoms with Gasteiger partial charge in [-0.15, -0.1) is 0 Å². The third-order valence-corrected chi connectivity index (χ3v) is 7.05. The van der Waals surface area contributed by atoms with Gasteiger partial charge in [-0.05, 0) is 43.5 Å². The molecule has 2 aromatic rings. The van der Waals surface area contributed by atoms with E-state index < -0.39 is 12.0 Å². The number of aromatic hydroxyl groups is 1. The van der Waals surface area contributed by atoms with Crippen LogP contribution >= 0.6 is 23.2 Å². The van der Waals surface area contributed by atoms with E-state index in [0.29, 0.717) is 35.1 Å². The summed E-state index contributed by atoms with van der Waals surface area (Å²) in [6.45, 7) is 6.45. The fraction of sp³-hybridized carbons (Fsp3) is 0.552. The molecule has 0 radical (unpaired) electrons. The number of amides is 1. The molecule has 0 spiro atoms. The van der Waals surface area contributed by atoms with Crippen molar-refractivity contribution >= 4 is 34.8 Å². The van der Waals surface area contributed by atoms with Gasteiger partial charge in [0.05, 0.1) is 17.3 Å². The van der Waals surface area contributed by atoms with Crippen LogP contribution in [0.3, 0.4) is 0 Å². The van der Waals surface area contributed by atoms with Gasteiger partial charge < -0.3 is 19.9 Å². The van der Waals surface area contributed by atoms with Crippen molar-refractivity contribution in [1.82, 2.24) is 0 Å². The maximum atomic E-state index is 12.8. The summed E-state index contributed by atoms with van der Waals surface area (Å²) in [6, 6.07) is 8.80. The number of carbonyl (C=O) groups is 1. The van der Waals surface area contributed by atoms with Crippen LogP contribution in [0.5, 0.6) is 17.2 Å². The van der Waals surface area contributed by atoms with Crippen molar-refractivity contribution in [1.29, 1.82) is 0 Å². The van der Waals surface area contributed by atoms with E-state index in [9.17, 15) is 9.90 Å². The first-order valence-electron chi connectivity index (χ1n) is 13.2. The lowest BCUT2D eigenvalue weighted by Crippen LogP contribution is -2.32. The molecular weight excluding hydrogens is 497 g/mol. The summed E-state index contributed by atoms with van der Waals surface area (Å²) in [5, 5.41) is 13.4. The highest BCUT2D eigenvalue weighted by molar-refractivity contribution is 6.37. The number of anilines is 1. The average Bonchev–Trinajstić information content (AvgIpc) is 2.87. The van der Waals surface area contributed by atoms with Crippen LogP contribution in [-0.4, -0.2) is 23.7 Å². The number of hydrogen-bond donors (Lipinski definition) is 2. The molecule has 0 fully saturated rings. The summed E-state index contributed by atoms with van der Waals surface area (Å²) in [4.78, 5) is 12.8. The molecule has 0 aliphatic heterocycles. The summed E-state index contributed by atoms with van der Waals surface area (Å²) in [6.07, 6.45) is 12.5. The summed E-state index contributed by atoms with van der Waals surface area (Å²) in [7, 11) is 0. The Hall–Kier alpha value is -2.11. The van der Waals surface area contributed by atoms with Crippen molar-refractivity contribution in [2.45, 2.75) is 97.5 Å². The van der Waals surface area contributed by atoms with E-state index in [1.807, 2.05) is 19.1 Å². The van der Waals surface area contributed by atoms with Crippen molar-refractivity contribution in [3.8, 4) is 17.2 Å². The molecule has 0 saturated heterocycles. The first-order chi connectivity index (χ1) is 17.4. The molecule has 1 amide bonds. The standard InChI is InChI=1S/C29H41Cl2NO4/c1-4-6-7-8-9-10-11-12-13-14-18-35-22-16-15-17-23(19-22)36-26(5-2)29(34)32-25-20-24(30)21(3)27(31)28(25)33/h15-17,19-20,26,33H,4-14,18H2,1-3H3,(H,32,34). The third-order valence-electron chi connectivity index (χ3n) is 6.19. The first-order valence-corrected chi connectivity index (χ1v) is 14.0. The zero-order chi connectivity index (χ0) is 26.3. The fourth-order valence-electron chi connectivity index (χ4n) is 3.92. The van der Waals surface area contributed by atoms with Crippen molar-refractivity contribution < 1.29 is 19.4 Å². The van der Waals surface area contributed by atoms with Crippen LogP contribution in [0.1, 0.15) is 90.0 Å². The van der Waals surface area contributed by atoms with Crippen LogP contribution in [0.15, 0.2) is 30.3 Å². The topological polar surface area (TPSA) is 67.8 Å². The molecule has 36 heavy (non-hydrogen) atoms. The number of ether oxygens (including phenoxy) is 2. The Morgan fingerprint density at radius 3 is 2.19 bits per heavy atom. The van der Waals surface area contributed by atoms with Gasteiger partial charge in [-0.25, -0.2) is 0 Å². The quantitative estimate of drug-likeness (QED) is 0.156. The number of hydrogen-bond acceptors (Lipinski definition) is 4. The van der Waals surface area contributed by atoms with Crippen LogP contribution in [0.25, 0.3) is 0 Å². The molecule has 2 N–H and O–H groups in total. The minimum absolute atomic E-state index is 0.110. The Morgan fingerprint density at radius 2 is 1.56 bits per heavy atom. The zero-order valence-electron chi connectivity index (χ0n) is 21.9. The molecule has 2 rings (SSSR count). The summed E-state index contributed by atoms with van der Waals surface area (Å²) in [5.41, 5.74) is 0.697. The molecule has 5 nitrogen and oxygen atoms in total. The average molecular weight is 539 g/mol.